The number of nitrogens with zero attached hydrogens (tertiary/aromatic N) is 4. The van der Waals surface area contributed by atoms with Gasteiger partial charge < -0.3 is 14.2 Å². The molecule has 1 heterocycles. The molecule has 0 aliphatic carbocycles. The second-order valence-corrected chi connectivity index (χ2v) is 6.58. The highest BCUT2D eigenvalue weighted by Crippen LogP contribution is 2.20. The van der Waals surface area contributed by atoms with Gasteiger partial charge in [-0.2, -0.15) is 10.2 Å². The molecule has 164 valence electrons. The van der Waals surface area contributed by atoms with E-state index in [0.717, 1.165) is 4.90 Å². The number of hydrogen-bond donors (Lipinski definition) is 0. The number of ether oxygens (including phenoxy) is 1. The number of nitriles is 1. The largest absolute Gasteiger partial charge is 0.456 e. The first kappa shape index (κ1) is 22.6. The summed E-state index contributed by atoms with van der Waals surface area (Å²) in [5, 5.41) is 12.6. The van der Waals surface area contributed by atoms with E-state index < -0.39 is 30.1 Å². The Morgan fingerprint density at radius 3 is 2.59 bits per heavy atom. The van der Waals surface area contributed by atoms with Crippen LogP contribution in [0.1, 0.15) is 18.7 Å². The molecule has 0 radical (unpaired) electrons. The van der Waals surface area contributed by atoms with Crippen molar-refractivity contribution in [2.45, 2.75) is 19.3 Å². The molecule has 0 N–H and O–H groups in total. The van der Waals surface area contributed by atoms with Crippen LogP contribution in [0.15, 0.2) is 53.1 Å². The van der Waals surface area contributed by atoms with Crippen LogP contribution in [0.3, 0.4) is 0 Å². The summed E-state index contributed by atoms with van der Waals surface area (Å²) in [6.07, 6.45) is -0.0650. The molecule has 10 heteroatoms. The molecule has 0 unspecified atom stereocenters. The fourth-order valence-corrected chi connectivity index (χ4v) is 2.79. The van der Waals surface area contributed by atoms with E-state index in [0.29, 0.717) is 5.56 Å². The number of amides is 1. The number of carbonyl (C=O) groups is 2. The van der Waals surface area contributed by atoms with Crippen LogP contribution in [0.4, 0.5) is 14.5 Å². The van der Waals surface area contributed by atoms with Gasteiger partial charge in [-0.05, 0) is 36.4 Å². The van der Waals surface area contributed by atoms with Gasteiger partial charge in [0.05, 0.1) is 24.6 Å². The lowest BCUT2D eigenvalue weighted by Gasteiger charge is -2.22. The standard InChI is InChI=1S/C22H18F2N4O4/c23-16-8-6-15(7-9-16)22-26-19(32-27-22)10-11-21(30)31-14-20(29)28(13-3-12-25)18-5-2-1-4-17(18)24/h1-2,4-9H,3,10-11,13-14H2. The van der Waals surface area contributed by atoms with Crippen molar-refractivity contribution in [2.75, 3.05) is 18.1 Å². The molecule has 3 rings (SSSR count). The third kappa shape index (κ3) is 5.95. The van der Waals surface area contributed by atoms with Crippen LogP contribution in [0.5, 0.6) is 0 Å². The van der Waals surface area contributed by atoms with Crippen molar-refractivity contribution in [3.63, 3.8) is 0 Å². The van der Waals surface area contributed by atoms with Crippen molar-refractivity contribution < 1.29 is 27.6 Å². The number of benzene rings is 2. The molecule has 0 fully saturated rings. The van der Waals surface area contributed by atoms with Gasteiger partial charge in [0.1, 0.15) is 11.6 Å². The van der Waals surface area contributed by atoms with Crippen molar-refractivity contribution in [1.29, 1.82) is 5.26 Å². The molecule has 8 nitrogen and oxygen atoms in total. The van der Waals surface area contributed by atoms with E-state index in [2.05, 4.69) is 10.1 Å². The van der Waals surface area contributed by atoms with Crippen LogP contribution in [-0.4, -0.2) is 35.2 Å². The van der Waals surface area contributed by atoms with Crippen molar-refractivity contribution in [3.05, 3.63) is 66.1 Å². The van der Waals surface area contributed by atoms with E-state index in [4.69, 9.17) is 14.5 Å². The Labute approximate surface area is 182 Å². The molecule has 3 aromatic rings. The average Bonchev–Trinajstić information content (AvgIpc) is 3.27. The first-order valence-electron chi connectivity index (χ1n) is 9.64. The van der Waals surface area contributed by atoms with Gasteiger partial charge >= 0.3 is 5.97 Å². The zero-order valence-corrected chi connectivity index (χ0v) is 16.8. The lowest BCUT2D eigenvalue weighted by atomic mass is 10.2. The zero-order chi connectivity index (χ0) is 22.9. The van der Waals surface area contributed by atoms with E-state index in [9.17, 15) is 18.4 Å². The van der Waals surface area contributed by atoms with E-state index in [1.807, 2.05) is 6.07 Å². The summed E-state index contributed by atoms with van der Waals surface area (Å²) < 4.78 is 37.1. The summed E-state index contributed by atoms with van der Waals surface area (Å²) in [7, 11) is 0. The molecule has 0 saturated heterocycles. The highest BCUT2D eigenvalue weighted by molar-refractivity contribution is 5.95. The first-order chi connectivity index (χ1) is 15.5. The number of rotatable bonds is 9. The van der Waals surface area contributed by atoms with Crippen molar-refractivity contribution >= 4 is 17.6 Å². The quantitative estimate of drug-likeness (QED) is 0.469. The second-order valence-electron chi connectivity index (χ2n) is 6.58. The number of para-hydroxylation sites is 1. The summed E-state index contributed by atoms with van der Waals surface area (Å²) >= 11 is 0. The maximum atomic E-state index is 14.1. The van der Waals surface area contributed by atoms with Gasteiger partial charge in [-0.1, -0.05) is 17.3 Å². The molecule has 2 aromatic carbocycles. The minimum absolute atomic E-state index is 0.00276. The number of aromatic nitrogens is 2. The number of anilines is 1. The summed E-state index contributed by atoms with van der Waals surface area (Å²) in [6.45, 7) is -0.648. The molecule has 1 aromatic heterocycles. The monoisotopic (exact) mass is 440 g/mol. The molecule has 32 heavy (non-hydrogen) atoms. The third-order valence-electron chi connectivity index (χ3n) is 4.36. The molecule has 0 bridgehead atoms. The van der Waals surface area contributed by atoms with E-state index in [1.165, 1.54) is 42.5 Å². The van der Waals surface area contributed by atoms with Gasteiger partial charge in [0.25, 0.3) is 5.91 Å². The number of carbonyl (C=O) groups excluding carboxylic acids is 2. The molecule has 0 aliphatic heterocycles. The highest BCUT2D eigenvalue weighted by Gasteiger charge is 2.20. The van der Waals surface area contributed by atoms with Crippen molar-refractivity contribution in [3.8, 4) is 17.5 Å². The number of halogens is 2. The molecular formula is C22H18F2N4O4. The van der Waals surface area contributed by atoms with Gasteiger partial charge in [-0.25, -0.2) is 8.78 Å². The van der Waals surface area contributed by atoms with Crippen LogP contribution in [0, 0.1) is 23.0 Å². The molecule has 1 amide bonds. The summed E-state index contributed by atoms with van der Waals surface area (Å²) in [5.41, 5.74) is 0.558. The Kier molecular flexibility index (Phi) is 7.59. The topological polar surface area (TPSA) is 109 Å². The number of aryl methyl sites for hydroxylation is 1. The third-order valence-corrected chi connectivity index (χ3v) is 4.36. The summed E-state index contributed by atoms with van der Waals surface area (Å²) in [5.74, 6) is -1.94. The van der Waals surface area contributed by atoms with Crippen molar-refractivity contribution in [1.82, 2.24) is 10.1 Å². The van der Waals surface area contributed by atoms with Crippen LogP contribution < -0.4 is 4.90 Å². The number of hydrogen-bond acceptors (Lipinski definition) is 7. The SMILES string of the molecule is N#CCCN(C(=O)COC(=O)CCc1nc(-c2ccc(F)cc2)no1)c1ccccc1F. The predicted octanol–water partition coefficient (Wildman–Crippen LogP) is 3.44. The van der Waals surface area contributed by atoms with Crippen LogP contribution in [0.2, 0.25) is 0 Å². The summed E-state index contributed by atoms with van der Waals surface area (Å²) in [4.78, 5) is 29.7. The van der Waals surface area contributed by atoms with Gasteiger partial charge in [0.2, 0.25) is 11.7 Å². The molecule has 0 saturated carbocycles. The summed E-state index contributed by atoms with van der Waals surface area (Å²) in [6, 6.07) is 13.1. The predicted molar refractivity (Wildman–Crippen MR) is 108 cm³/mol. The van der Waals surface area contributed by atoms with Crippen LogP contribution >= 0.6 is 0 Å². The minimum Gasteiger partial charge on any atom is -0.456 e. The van der Waals surface area contributed by atoms with Crippen LogP contribution in [0.25, 0.3) is 11.4 Å². The fourth-order valence-electron chi connectivity index (χ4n) is 2.79. The van der Waals surface area contributed by atoms with Gasteiger partial charge in [-0.15, -0.1) is 0 Å². The minimum atomic E-state index is -0.686. The Morgan fingerprint density at radius 1 is 1.12 bits per heavy atom. The number of esters is 1. The maximum Gasteiger partial charge on any atom is 0.306 e. The van der Waals surface area contributed by atoms with Crippen LogP contribution in [-0.2, 0) is 20.7 Å². The Morgan fingerprint density at radius 2 is 1.88 bits per heavy atom. The van der Waals surface area contributed by atoms with Gasteiger partial charge in [0, 0.05) is 18.5 Å². The lowest BCUT2D eigenvalue weighted by molar-refractivity contribution is -0.147. The maximum absolute atomic E-state index is 14.1. The lowest BCUT2D eigenvalue weighted by Crippen LogP contribution is -2.36. The first-order valence-corrected chi connectivity index (χ1v) is 9.64. The smallest absolute Gasteiger partial charge is 0.306 e. The van der Waals surface area contributed by atoms with Gasteiger partial charge in [-0.3, -0.25) is 9.59 Å². The highest BCUT2D eigenvalue weighted by atomic mass is 19.1. The second kappa shape index (κ2) is 10.8. The van der Waals surface area contributed by atoms with E-state index in [-0.39, 0.29) is 43.2 Å². The van der Waals surface area contributed by atoms with E-state index >= 15 is 0 Å². The van der Waals surface area contributed by atoms with Gasteiger partial charge in [0.15, 0.2) is 6.61 Å². The molecular weight excluding hydrogens is 422 g/mol. The normalized spacial score (nSPS) is 10.4. The van der Waals surface area contributed by atoms with E-state index in [1.54, 1.807) is 6.07 Å². The fraction of sp³-hybridized carbons (Fsp3) is 0.227. The zero-order valence-electron chi connectivity index (χ0n) is 16.8. The molecule has 0 aliphatic rings. The molecule has 0 atom stereocenters. The Bertz CT molecular complexity index is 1130. The van der Waals surface area contributed by atoms with Crippen molar-refractivity contribution in [2.24, 2.45) is 0 Å². The molecule has 0 spiro atoms. The Balaban J connectivity index is 1.52. The average molecular weight is 440 g/mol. The Hall–Kier alpha value is -4.13.